The van der Waals surface area contributed by atoms with Crippen LogP contribution in [0.4, 0.5) is 4.79 Å². The lowest BCUT2D eigenvalue weighted by Gasteiger charge is -2.39. The average Bonchev–Trinajstić information content (AvgIpc) is 3.32. The van der Waals surface area contributed by atoms with Gasteiger partial charge >= 0.3 is 11.7 Å². The van der Waals surface area contributed by atoms with Crippen LogP contribution in [0.2, 0.25) is 0 Å². The lowest BCUT2D eigenvalue weighted by Crippen LogP contribution is -2.75. The summed E-state index contributed by atoms with van der Waals surface area (Å²) in [7, 11) is 1.29. The fraction of sp³-hybridized carbons (Fsp3) is 0.312. The predicted molar refractivity (Wildman–Crippen MR) is 94.7 cm³/mol. The highest BCUT2D eigenvalue weighted by Crippen LogP contribution is 2.13. The smallest absolute Gasteiger partial charge is 0.357 e. The standard InChI is InChI=1S/C16H18N6O6/c1-10(12(23)20-16(27-2)9-17-13(16)24)19-14(25)21-5-6-22(15(21)26)18-8-11-4-3-7-28-11/h3-8,10H,9H2,1-2H3,(H,17,24)(H,19,25)(H,20,23)/t10?,16-/m1/s1. The van der Waals surface area contributed by atoms with Crippen molar-refractivity contribution in [1.29, 1.82) is 0 Å². The number of ether oxygens (including phenoxy) is 1. The Morgan fingerprint density at radius 2 is 2.21 bits per heavy atom. The largest absolute Gasteiger partial charge is 0.463 e. The number of β-lactam (4-membered cyclic amide) rings is 1. The number of nitrogens with zero attached hydrogens (tertiary/aromatic N) is 3. The van der Waals surface area contributed by atoms with E-state index in [2.05, 4.69) is 21.1 Å². The molecule has 0 saturated carbocycles. The van der Waals surface area contributed by atoms with Gasteiger partial charge in [-0.2, -0.15) is 9.78 Å². The highest BCUT2D eigenvalue weighted by Gasteiger charge is 2.48. The molecular weight excluding hydrogens is 372 g/mol. The summed E-state index contributed by atoms with van der Waals surface area (Å²) in [4.78, 5) is 48.3. The van der Waals surface area contributed by atoms with Crippen LogP contribution in [-0.2, 0) is 14.3 Å². The molecule has 2 atom stereocenters. The van der Waals surface area contributed by atoms with Crippen molar-refractivity contribution >= 4 is 24.1 Å². The molecule has 0 bridgehead atoms. The molecule has 1 fully saturated rings. The molecule has 0 aliphatic carbocycles. The second-order valence-corrected chi connectivity index (χ2v) is 5.93. The van der Waals surface area contributed by atoms with Crippen molar-refractivity contribution in [3.8, 4) is 0 Å². The summed E-state index contributed by atoms with van der Waals surface area (Å²) < 4.78 is 11.8. The first kappa shape index (κ1) is 19.1. The van der Waals surface area contributed by atoms with E-state index in [4.69, 9.17) is 9.15 Å². The molecule has 3 heterocycles. The Bertz CT molecular complexity index is 970. The number of nitrogens with one attached hydrogen (secondary N) is 3. The Balaban J connectivity index is 1.63. The minimum Gasteiger partial charge on any atom is -0.463 e. The topological polar surface area (TPSA) is 149 Å². The summed E-state index contributed by atoms with van der Waals surface area (Å²) in [6.45, 7) is 1.52. The van der Waals surface area contributed by atoms with Gasteiger partial charge in [-0.25, -0.2) is 14.2 Å². The predicted octanol–water partition coefficient (Wildman–Crippen LogP) is -1.34. The molecule has 0 spiro atoms. The molecule has 1 unspecified atom stereocenters. The molecule has 3 rings (SSSR count). The Hall–Kier alpha value is -3.67. The molecule has 3 amide bonds. The lowest BCUT2D eigenvalue weighted by atomic mass is 10.1. The third-order valence-electron chi connectivity index (χ3n) is 4.10. The van der Waals surface area contributed by atoms with Crippen molar-refractivity contribution < 1.29 is 23.5 Å². The van der Waals surface area contributed by atoms with Gasteiger partial charge in [-0.3, -0.25) is 9.59 Å². The minimum atomic E-state index is -1.45. The van der Waals surface area contributed by atoms with E-state index in [0.29, 0.717) is 5.76 Å². The van der Waals surface area contributed by atoms with Gasteiger partial charge in [-0.1, -0.05) is 0 Å². The van der Waals surface area contributed by atoms with E-state index in [-0.39, 0.29) is 6.54 Å². The van der Waals surface area contributed by atoms with E-state index in [1.54, 1.807) is 12.1 Å². The summed E-state index contributed by atoms with van der Waals surface area (Å²) in [5.41, 5.74) is -2.18. The number of hydrogen-bond acceptors (Lipinski definition) is 7. The van der Waals surface area contributed by atoms with Crippen LogP contribution >= 0.6 is 0 Å². The number of hydrogen-bond donors (Lipinski definition) is 3. The fourth-order valence-corrected chi connectivity index (χ4v) is 2.36. The Morgan fingerprint density at radius 3 is 2.79 bits per heavy atom. The Morgan fingerprint density at radius 1 is 1.43 bits per heavy atom. The molecular formula is C16H18N6O6. The minimum absolute atomic E-state index is 0.116. The van der Waals surface area contributed by atoms with E-state index in [9.17, 15) is 19.2 Å². The van der Waals surface area contributed by atoms with Gasteiger partial charge in [0.1, 0.15) is 11.8 Å². The molecule has 28 heavy (non-hydrogen) atoms. The third kappa shape index (κ3) is 3.57. The molecule has 3 N–H and O–H groups in total. The van der Waals surface area contributed by atoms with Crippen molar-refractivity contribution in [3.05, 3.63) is 47.0 Å². The fourth-order valence-electron chi connectivity index (χ4n) is 2.36. The molecule has 12 heteroatoms. The van der Waals surface area contributed by atoms with Gasteiger partial charge < -0.3 is 25.1 Å². The maximum absolute atomic E-state index is 12.3. The van der Waals surface area contributed by atoms with Gasteiger partial charge in [0.15, 0.2) is 0 Å². The van der Waals surface area contributed by atoms with Gasteiger partial charge in [-0.05, 0) is 19.1 Å². The number of aromatic nitrogens is 2. The zero-order valence-corrected chi connectivity index (χ0v) is 15.0. The summed E-state index contributed by atoms with van der Waals surface area (Å²) in [6.07, 6.45) is 5.26. The van der Waals surface area contributed by atoms with Crippen LogP contribution in [0, 0.1) is 0 Å². The second-order valence-electron chi connectivity index (χ2n) is 5.93. The van der Waals surface area contributed by atoms with E-state index in [0.717, 1.165) is 9.24 Å². The first-order chi connectivity index (χ1) is 13.4. The van der Waals surface area contributed by atoms with E-state index in [1.165, 1.54) is 38.9 Å². The maximum atomic E-state index is 12.3. The molecule has 0 aromatic carbocycles. The van der Waals surface area contributed by atoms with Crippen LogP contribution in [0.5, 0.6) is 0 Å². The van der Waals surface area contributed by atoms with Gasteiger partial charge in [-0.15, -0.1) is 0 Å². The summed E-state index contributed by atoms with van der Waals surface area (Å²) in [5.74, 6) is -0.695. The van der Waals surface area contributed by atoms with E-state index < -0.39 is 35.3 Å². The number of furan rings is 1. The number of rotatable bonds is 6. The molecule has 148 valence electrons. The summed E-state index contributed by atoms with van der Waals surface area (Å²) >= 11 is 0. The van der Waals surface area contributed by atoms with Gasteiger partial charge in [0.05, 0.1) is 25.2 Å². The Labute approximate surface area is 158 Å². The number of imidazole rings is 1. The number of carbonyl (C=O) groups excluding carboxylic acids is 3. The number of amides is 3. The van der Waals surface area contributed by atoms with Crippen LogP contribution in [0.15, 0.2) is 45.1 Å². The van der Waals surface area contributed by atoms with Gasteiger partial charge in [0, 0.05) is 13.3 Å². The number of carbonyl (C=O) groups is 3. The summed E-state index contributed by atoms with van der Waals surface area (Å²) in [6, 6.07) is 1.45. The van der Waals surface area contributed by atoms with Crippen LogP contribution in [0.1, 0.15) is 12.7 Å². The highest BCUT2D eigenvalue weighted by atomic mass is 16.5. The molecule has 1 saturated heterocycles. The van der Waals surface area contributed by atoms with E-state index >= 15 is 0 Å². The van der Waals surface area contributed by atoms with Crippen molar-refractivity contribution in [2.75, 3.05) is 13.7 Å². The lowest BCUT2D eigenvalue weighted by molar-refractivity contribution is -0.166. The van der Waals surface area contributed by atoms with E-state index in [1.807, 2.05) is 0 Å². The highest BCUT2D eigenvalue weighted by molar-refractivity contribution is 5.97. The quantitative estimate of drug-likeness (QED) is 0.316. The maximum Gasteiger partial charge on any atom is 0.357 e. The zero-order chi connectivity index (χ0) is 20.3. The van der Waals surface area contributed by atoms with Crippen molar-refractivity contribution in [2.24, 2.45) is 5.10 Å². The van der Waals surface area contributed by atoms with Crippen LogP contribution < -0.4 is 21.6 Å². The van der Waals surface area contributed by atoms with Crippen LogP contribution in [-0.4, -0.2) is 58.7 Å². The van der Waals surface area contributed by atoms with Crippen LogP contribution in [0.25, 0.3) is 0 Å². The summed E-state index contributed by atoms with van der Waals surface area (Å²) in [5, 5.41) is 11.2. The van der Waals surface area contributed by atoms with Crippen LogP contribution in [0.3, 0.4) is 0 Å². The Kier molecular flexibility index (Phi) is 5.13. The zero-order valence-electron chi connectivity index (χ0n) is 15.0. The molecule has 1 aliphatic heterocycles. The molecule has 1 aliphatic rings. The molecule has 2 aromatic rings. The first-order valence-electron chi connectivity index (χ1n) is 8.20. The second kappa shape index (κ2) is 7.52. The van der Waals surface area contributed by atoms with Gasteiger partial charge in [0.2, 0.25) is 11.6 Å². The van der Waals surface area contributed by atoms with Gasteiger partial charge in [0.25, 0.3) is 5.91 Å². The number of methoxy groups -OCH3 is 1. The normalized spacial score (nSPS) is 19.7. The third-order valence-corrected chi connectivity index (χ3v) is 4.10. The van der Waals surface area contributed by atoms with Crippen molar-refractivity contribution in [2.45, 2.75) is 18.7 Å². The molecule has 12 nitrogen and oxygen atoms in total. The average molecular weight is 390 g/mol. The van der Waals surface area contributed by atoms with Crippen molar-refractivity contribution in [1.82, 2.24) is 25.2 Å². The first-order valence-corrected chi connectivity index (χ1v) is 8.20. The monoisotopic (exact) mass is 390 g/mol. The molecule has 2 aromatic heterocycles. The SMILES string of the molecule is CO[C@]1(NC(=O)C(C)NC(=O)n2ccn(N=Cc3ccco3)c2=O)CNC1=O. The van der Waals surface area contributed by atoms with Crippen molar-refractivity contribution in [3.63, 3.8) is 0 Å². The molecule has 0 radical (unpaired) electrons.